The molecule has 3 aromatic heterocycles. The van der Waals surface area contributed by atoms with Gasteiger partial charge in [-0.3, -0.25) is 4.68 Å². The van der Waals surface area contributed by atoms with Crippen LogP contribution in [0.2, 0.25) is 0 Å². The van der Waals surface area contributed by atoms with Gasteiger partial charge in [0, 0.05) is 18.1 Å². The van der Waals surface area contributed by atoms with Crippen LogP contribution in [0.4, 0.5) is 11.5 Å². The lowest BCUT2D eigenvalue weighted by Gasteiger charge is -2.02. The van der Waals surface area contributed by atoms with E-state index >= 15 is 0 Å². The molecular weight excluding hydrogens is 294 g/mol. The van der Waals surface area contributed by atoms with Crippen LogP contribution in [0, 0.1) is 0 Å². The van der Waals surface area contributed by atoms with Crippen LogP contribution in [0.25, 0.3) is 20.7 Å². The molecule has 4 aromatic rings. The zero-order valence-electron chi connectivity index (χ0n) is 11.9. The second kappa shape index (κ2) is 5.23. The monoisotopic (exact) mass is 307 g/mol. The number of fused-ring (bicyclic) bond motifs is 1. The van der Waals surface area contributed by atoms with E-state index in [1.54, 1.807) is 28.5 Å². The Morgan fingerprint density at radius 1 is 1.14 bits per heavy atom. The van der Waals surface area contributed by atoms with Gasteiger partial charge in [-0.05, 0) is 11.6 Å². The zero-order chi connectivity index (χ0) is 14.9. The molecule has 1 N–H and O–H groups in total. The van der Waals surface area contributed by atoms with Crippen molar-refractivity contribution in [3.05, 3.63) is 55.1 Å². The number of hydrogen-bond acceptors (Lipinski definition) is 5. The van der Waals surface area contributed by atoms with E-state index < -0.39 is 0 Å². The Hall–Kier alpha value is -2.73. The molecule has 0 radical (unpaired) electrons. The first-order chi connectivity index (χ1) is 10.8. The average molecular weight is 307 g/mol. The van der Waals surface area contributed by atoms with E-state index in [0.717, 1.165) is 21.7 Å². The predicted octanol–water partition coefficient (Wildman–Crippen LogP) is 3.84. The minimum absolute atomic E-state index is 0.802. The molecule has 0 spiro atoms. The Morgan fingerprint density at radius 2 is 2.00 bits per heavy atom. The molecular formula is C16H13N5S. The van der Waals surface area contributed by atoms with Crippen LogP contribution in [-0.4, -0.2) is 19.7 Å². The normalized spacial score (nSPS) is 11.0. The van der Waals surface area contributed by atoms with Crippen molar-refractivity contribution >= 4 is 33.1 Å². The molecule has 5 nitrogen and oxygen atoms in total. The standard InChI is InChI=1S/C16H13N5S/c1-21-9-12(8-19-21)20-15-13-7-14(11-5-3-2-4-6-11)22-16(13)18-10-17-15/h2-10H,1H3,(H,17,18,20). The van der Waals surface area contributed by atoms with Crippen molar-refractivity contribution in [2.75, 3.05) is 5.32 Å². The van der Waals surface area contributed by atoms with Gasteiger partial charge in [0.05, 0.1) is 17.3 Å². The maximum atomic E-state index is 4.38. The number of aromatic nitrogens is 4. The Labute approximate surface area is 131 Å². The zero-order valence-corrected chi connectivity index (χ0v) is 12.7. The highest BCUT2D eigenvalue weighted by Gasteiger charge is 2.10. The Kier molecular flexibility index (Phi) is 3.08. The van der Waals surface area contributed by atoms with Gasteiger partial charge in [0.1, 0.15) is 17.0 Å². The molecule has 108 valence electrons. The molecule has 0 aliphatic carbocycles. The summed E-state index contributed by atoms with van der Waals surface area (Å²) in [5, 5.41) is 8.49. The van der Waals surface area contributed by atoms with E-state index in [1.807, 2.05) is 31.4 Å². The van der Waals surface area contributed by atoms with Crippen molar-refractivity contribution in [2.24, 2.45) is 7.05 Å². The second-order valence-corrected chi connectivity index (χ2v) is 5.98. The van der Waals surface area contributed by atoms with E-state index in [9.17, 15) is 0 Å². The molecule has 1 aromatic carbocycles. The number of benzene rings is 1. The van der Waals surface area contributed by atoms with Crippen LogP contribution in [0.5, 0.6) is 0 Å². The largest absolute Gasteiger partial charge is 0.337 e. The maximum Gasteiger partial charge on any atom is 0.142 e. The van der Waals surface area contributed by atoms with Crippen LogP contribution < -0.4 is 5.32 Å². The van der Waals surface area contributed by atoms with Gasteiger partial charge in [0.25, 0.3) is 0 Å². The summed E-state index contributed by atoms with van der Waals surface area (Å²) in [6.07, 6.45) is 5.28. The van der Waals surface area contributed by atoms with E-state index in [1.165, 1.54) is 10.4 Å². The highest BCUT2D eigenvalue weighted by Crippen LogP contribution is 2.35. The molecule has 0 fully saturated rings. The lowest BCUT2D eigenvalue weighted by molar-refractivity contribution is 0.768. The first-order valence-electron chi connectivity index (χ1n) is 6.85. The van der Waals surface area contributed by atoms with Crippen LogP contribution in [-0.2, 0) is 7.05 Å². The topological polar surface area (TPSA) is 55.6 Å². The molecule has 3 heterocycles. The molecule has 4 rings (SSSR count). The summed E-state index contributed by atoms with van der Waals surface area (Å²) in [7, 11) is 1.89. The van der Waals surface area contributed by atoms with Crippen LogP contribution in [0.15, 0.2) is 55.1 Å². The van der Waals surface area contributed by atoms with Gasteiger partial charge in [-0.25, -0.2) is 9.97 Å². The average Bonchev–Trinajstić information content (AvgIpc) is 3.15. The fourth-order valence-corrected chi connectivity index (χ4v) is 3.33. The van der Waals surface area contributed by atoms with Crippen molar-refractivity contribution in [2.45, 2.75) is 0 Å². The number of thiophene rings is 1. The predicted molar refractivity (Wildman–Crippen MR) is 89.3 cm³/mol. The van der Waals surface area contributed by atoms with E-state index in [2.05, 4.69) is 38.6 Å². The van der Waals surface area contributed by atoms with E-state index in [-0.39, 0.29) is 0 Å². The third-order valence-electron chi connectivity index (χ3n) is 3.36. The summed E-state index contributed by atoms with van der Waals surface area (Å²) in [6, 6.07) is 12.4. The molecule has 0 atom stereocenters. The van der Waals surface area contributed by atoms with Crippen LogP contribution in [0.3, 0.4) is 0 Å². The molecule has 0 bridgehead atoms. The molecule has 0 saturated heterocycles. The summed E-state index contributed by atoms with van der Waals surface area (Å²) in [6.45, 7) is 0. The fourth-order valence-electron chi connectivity index (χ4n) is 2.32. The number of rotatable bonds is 3. The van der Waals surface area contributed by atoms with Gasteiger partial charge in [-0.2, -0.15) is 5.10 Å². The quantitative estimate of drug-likeness (QED) is 0.625. The molecule has 0 aliphatic rings. The minimum Gasteiger partial charge on any atom is -0.337 e. The van der Waals surface area contributed by atoms with Crippen molar-refractivity contribution < 1.29 is 0 Å². The molecule has 0 aliphatic heterocycles. The van der Waals surface area contributed by atoms with E-state index in [0.29, 0.717) is 0 Å². The molecule has 22 heavy (non-hydrogen) atoms. The Morgan fingerprint density at radius 3 is 2.77 bits per heavy atom. The van der Waals surface area contributed by atoms with Gasteiger partial charge in [-0.1, -0.05) is 30.3 Å². The third kappa shape index (κ3) is 2.33. The van der Waals surface area contributed by atoms with Crippen LogP contribution in [0.1, 0.15) is 0 Å². The number of nitrogens with zero attached hydrogens (tertiary/aromatic N) is 4. The minimum atomic E-state index is 0.802. The molecule has 6 heteroatoms. The summed E-state index contributed by atoms with van der Waals surface area (Å²) in [5.74, 6) is 0.802. The maximum absolute atomic E-state index is 4.38. The summed E-state index contributed by atoms with van der Waals surface area (Å²) >= 11 is 1.67. The van der Waals surface area contributed by atoms with Crippen molar-refractivity contribution in [1.82, 2.24) is 19.7 Å². The first kappa shape index (κ1) is 13.0. The third-order valence-corrected chi connectivity index (χ3v) is 4.45. The summed E-state index contributed by atoms with van der Waals surface area (Å²) in [4.78, 5) is 10.9. The number of anilines is 2. The first-order valence-corrected chi connectivity index (χ1v) is 7.67. The second-order valence-electron chi connectivity index (χ2n) is 4.95. The Bertz CT molecular complexity index is 926. The highest BCUT2D eigenvalue weighted by molar-refractivity contribution is 7.21. The van der Waals surface area contributed by atoms with Crippen molar-refractivity contribution in [3.63, 3.8) is 0 Å². The lowest BCUT2D eigenvalue weighted by Crippen LogP contribution is -1.93. The lowest BCUT2D eigenvalue weighted by atomic mass is 10.2. The SMILES string of the molecule is Cn1cc(Nc2ncnc3sc(-c4ccccc4)cc23)cn1. The van der Waals surface area contributed by atoms with Crippen LogP contribution >= 0.6 is 11.3 Å². The number of nitrogens with one attached hydrogen (secondary N) is 1. The molecule has 0 unspecified atom stereocenters. The number of aryl methyl sites for hydroxylation is 1. The fraction of sp³-hybridized carbons (Fsp3) is 0.0625. The van der Waals surface area contributed by atoms with Gasteiger partial charge >= 0.3 is 0 Å². The van der Waals surface area contributed by atoms with Crippen molar-refractivity contribution in [3.8, 4) is 10.4 Å². The molecule has 0 saturated carbocycles. The number of hydrogen-bond donors (Lipinski definition) is 1. The highest BCUT2D eigenvalue weighted by atomic mass is 32.1. The smallest absolute Gasteiger partial charge is 0.142 e. The molecule has 0 amide bonds. The van der Waals surface area contributed by atoms with Crippen molar-refractivity contribution in [1.29, 1.82) is 0 Å². The Balaban J connectivity index is 1.78. The van der Waals surface area contributed by atoms with Gasteiger partial charge in [0.2, 0.25) is 0 Å². The summed E-state index contributed by atoms with van der Waals surface area (Å²) in [5.41, 5.74) is 2.10. The summed E-state index contributed by atoms with van der Waals surface area (Å²) < 4.78 is 1.75. The van der Waals surface area contributed by atoms with Gasteiger partial charge in [-0.15, -0.1) is 11.3 Å². The van der Waals surface area contributed by atoms with E-state index in [4.69, 9.17) is 0 Å². The van der Waals surface area contributed by atoms with Gasteiger partial charge in [0.15, 0.2) is 0 Å². The van der Waals surface area contributed by atoms with Gasteiger partial charge < -0.3 is 5.32 Å².